The lowest BCUT2D eigenvalue weighted by Crippen LogP contribution is -2.28. The quantitative estimate of drug-likeness (QED) is 0.797. The standard InChI is InChI=1S/C11H17N3O2/c1-7(15)8-5-12-13-6-9(8)14-10(16)11(2,3)4/h5-7,15H,1-4H3,(H,12,14,16). The van der Waals surface area contributed by atoms with Crippen LogP contribution in [-0.4, -0.2) is 21.2 Å². The molecule has 88 valence electrons. The molecule has 0 bridgehead atoms. The number of aliphatic hydroxyl groups is 1. The summed E-state index contributed by atoms with van der Waals surface area (Å²) >= 11 is 0. The molecule has 1 atom stereocenters. The molecule has 1 rings (SSSR count). The van der Waals surface area contributed by atoms with Crippen molar-refractivity contribution < 1.29 is 9.90 Å². The van der Waals surface area contributed by atoms with Crippen LogP contribution in [0.1, 0.15) is 39.4 Å². The summed E-state index contributed by atoms with van der Waals surface area (Å²) in [5.74, 6) is -0.123. The fraction of sp³-hybridized carbons (Fsp3) is 0.545. The highest BCUT2D eigenvalue weighted by Crippen LogP contribution is 2.23. The lowest BCUT2D eigenvalue weighted by molar-refractivity contribution is -0.123. The summed E-state index contributed by atoms with van der Waals surface area (Å²) < 4.78 is 0. The van der Waals surface area contributed by atoms with Gasteiger partial charge in [-0.05, 0) is 6.92 Å². The maximum atomic E-state index is 11.8. The Balaban J connectivity index is 2.94. The topological polar surface area (TPSA) is 75.1 Å². The average Bonchev–Trinajstić information content (AvgIpc) is 2.16. The SMILES string of the molecule is CC(O)c1cnncc1NC(=O)C(C)(C)C. The molecule has 1 amide bonds. The molecule has 1 aromatic heterocycles. The van der Waals surface area contributed by atoms with E-state index < -0.39 is 11.5 Å². The van der Waals surface area contributed by atoms with Gasteiger partial charge in [0.05, 0.1) is 24.2 Å². The maximum Gasteiger partial charge on any atom is 0.229 e. The second-order valence-electron chi connectivity index (χ2n) is 4.74. The first kappa shape index (κ1) is 12.6. The van der Waals surface area contributed by atoms with Gasteiger partial charge in [0.1, 0.15) is 0 Å². The number of hydrogen-bond acceptors (Lipinski definition) is 4. The molecule has 0 saturated heterocycles. The Kier molecular flexibility index (Phi) is 3.59. The molecule has 0 aromatic carbocycles. The molecule has 1 heterocycles. The highest BCUT2D eigenvalue weighted by atomic mass is 16.3. The Labute approximate surface area is 94.9 Å². The van der Waals surface area contributed by atoms with Crippen molar-refractivity contribution in [2.24, 2.45) is 5.41 Å². The summed E-state index contributed by atoms with van der Waals surface area (Å²) in [5.41, 5.74) is 0.580. The van der Waals surface area contributed by atoms with Gasteiger partial charge in [-0.15, -0.1) is 0 Å². The third-order valence-corrected chi connectivity index (χ3v) is 2.14. The van der Waals surface area contributed by atoms with Crippen LogP contribution in [0.3, 0.4) is 0 Å². The van der Waals surface area contributed by atoms with E-state index in [1.54, 1.807) is 6.92 Å². The number of aromatic nitrogens is 2. The summed E-state index contributed by atoms with van der Waals surface area (Å²) in [6, 6.07) is 0. The first-order valence-electron chi connectivity index (χ1n) is 5.12. The Morgan fingerprint density at radius 1 is 1.38 bits per heavy atom. The number of aliphatic hydroxyl groups excluding tert-OH is 1. The first-order chi connectivity index (χ1) is 7.32. The molecule has 5 nitrogen and oxygen atoms in total. The number of nitrogens with zero attached hydrogens (tertiary/aromatic N) is 2. The molecule has 0 aliphatic rings. The summed E-state index contributed by atoms with van der Waals surface area (Å²) in [6.07, 6.45) is 2.19. The number of amides is 1. The number of anilines is 1. The highest BCUT2D eigenvalue weighted by Gasteiger charge is 2.22. The van der Waals surface area contributed by atoms with Crippen molar-refractivity contribution in [2.75, 3.05) is 5.32 Å². The monoisotopic (exact) mass is 223 g/mol. The van der Waals surface area contributed by atoms with Gasteiger partial charge in [-0.1, -0.05) is 20.8 Å². The van der Waals surface area contributed by atoms with E-state index in [4.69, 9.17) is 0 Å². The van der Waals surface area contributed by atoms with Gasteiger partial charge in [-0.2, -0.15) is 10.2 Å². The minimum absolute atomic E-state index is 0.123. The number of carbonyl (C=O) groups excluding carboxylic acids is 1. The van der Waals surface area contributed by atoms with Gasteiger partial charge in [0.15, 0.2) is 0 Å². The Bertz CT molecular complexity index is 383. The predicted molar refractivity (Wildman–Crippen MR) is 60.8 cm³/mol. The van der Waals surface area contributed by atoms with E-state index in [1.807, 2.05) is 20.8 Å². The third kappa shape index (κ3) is 3.00. The molecule has 0 saturated carbocycles. The van der Waals surface area contributed by atoms with Crippen LogP contribution in [0.2, 0.25) is 0 Å². The van der Waals surface area contributed by atoms with E-state index in [0.717, 1.165) is 0 Å². The normalized spacial score (nSPS) is 13.3. The van der Waals surface area contributed by atoms with Crippen molar-refractivity contribution in [1.82, 2.24) is 10.2 Å². The zero-order chi connectivity index (χ0) is 12.3. The summed E-state index contributed by atoms with van der Waals surface area (Å²) in [6.45, 7) is 7.07. The second kappa shape index (κ2) is 4.57. The number of hydrogen-bond donors (Lipinski definition) is 2. The van der Waals surface area contributed by atoms with Crippen molar-refractivity contribution in [3.63, 3.8) is 0 Å². The zero-order valence-electron chi connectivity index (χ0n) is 9.98. The van der Waals surface area contributed by atoms with Gasteiger partial charge in [-0.25, -0.2) is 0 Å². The van der Waals surface area contributed by atoms with Crippen molar-refractivity contribution in [2.45, 2.75) is 33.8 Å². The predicted octanol–water partition coefficient (Wildman–Crippen LogP) is 1.51. The van der Waals surface area contributed by atoms with Crippen LogP contribution in [0.25, 0.3) is 0 Å². The smallest absolute Gasteiger partial charge is 0.229 e. The summed E-state index contributed by atoms with van der Waals surface area (Å²) in [5, 5.41) is 19.6. The fourth-order valence-electron chi connectivity index (χ4n) is 1.08. The molecule has 0 aliphatic carbocycles. The van der Waals surface area contributed by atoms with Crippen LogP contribution in [0.15, 0.2) is 12.4 Å². The van der Waals surface area contributed by atoms with Crippen LogP contribution in [0.4, 0.5) is 5.69 Å². The van der Waals surface area contributed by atoms with Gasteiger partial charge < -0.3 is 10.4 Å². The van der Waals surface area contributed by atoms with Gasteiger partial charge in [0, 0.05) is 11.0 Å². The van der Waals surface area contributed by atoms with Crippen molar-refractivity contribution in [1.29, 1.82) is 0 Å². The second-order valence-corrected chi connectivity index (χ2v) is 4.74. The molecule has 1 aromatic rings. The molecule has 16 heavy (non-hydrogen) atoms. The van der Waals surface area contributed by atoms with Gasteiger partial charge in [0.2, 0.25) is 5.91 Å². The van der Waals surface area contributed by atoms with E-state index in [0.29, 0.717) is 11.3 Å². The van der Waals surface area contributed by atoms with Crippen LogP contribution in [0.5, 0.6) is 0 Å². The minimum Gasteiger partial charge on any atom is -0.389 e. The summed E-state index contributed by atoms with van der Waals surface area (Å²) in [7, 11) is 0. The third-order valence-electron chi connectivity index (χ3n) is 2.14. The van der Waals surface area contributed by atoms with Crippen molar-refractivity contribution >= 4 is 11.6 Å². The van der Waals surface area contributed by atoms with Crippen LogP contribution < -0.4 is 5.32 Å². The van der Waals surface area contributed by atoms with Crippen molar-refractivity contribution in [3.05, 3.63) is 18.0 Å². The number of nitrogens with one attached hydrogen (secondary N) is 1. The van der Waals surface area contributed by atoms with Gasteiger partial charge >= 0.3 is 0 Å². The number of rotatable bonds is 2. The molecule has 0 radical (unpaired) electrons. The number of carbonyl (C=O) groups is 1. The van der Waals surface area contributed by atoms with Gasteiger partial charge in [0.25, 0.3) is 0 Å². The van der Waals surface area contributed by atoms with Crippen LogP contribution in [0, 0.1) is 5.41 Å². The molecular weight excluding hydrogens is 206 g/mol. The minimum atomic E-state index is -0.689. The zero-order valence-corrected chi connectivity index (χ0v) is 9.98. The van der Waals surface area contributed by atoms with Crippen LogP contribution in [-0.2, 0) is 4.79 Å². The van der Waals surface area contributed by atoms with E-state index in [1.165, 1.54) is 12.4 Å². The lowest BCUT2D eigenvalue weighted by Gasteiger charge is -2.19. The summed E-state index contributed by atoms with van der Waals surface area (Å²) in [4.78, 5) is 11.8. The fourth-order valence-corrected chi connectivity index (χ4v) is 1.08. The van der Waals surface area contributed by atoms with E-state index in [9.17, 15) is 9.90 Å². The Morgan fingerprint density at radius 3 is 2.44 bits per heavy atom. The van der Waals surface area contributed by atoms with Crippen LogP contribution >= 0.6 is 0 Å². The largest absolute Gasteiger partial charge is 0.389 e. The van der Waals surface area contributed by atoms with E-state index in [-0.39, 0.29) is 5.91 Å². The molecule has 0 fully saturated rings. The van der Waals surface area contributed by atoms with Gasteiger partial charge in [-0.3, -0.25) is 4.79 Å². The Morgan fingerprint density at radius 2 is 1.94 bits per heavy atom. The maximum absolute atomic E-state index is 11.8. The Hall–Kier alpha value is -1.49. The lowest BCUT2D eigenvalue weighted by atomic mass is 9.95. The van der Waals surface area contributed by atoms with Crippen molar-refractivity contribution in [3.8, 4) is 0 Å². The first-order valence-corrected chi connectivity index (χ1v) is 5.12. The molecule has 0 spiro atoms. The molecule has 0 aliphatic heterocycles. The van der Waals surface area contributed by atoms with E-state index in [2.05, 4.69) is 15.5 Å². The highest BCUT2D eigenvalue weighted by molar-refractivity contribution is 5.94. The molecule has 1 unspecified atom stereocenters. The molecule has 2 N–H and O–H groups in total. The molecule has 5 heteroatoms. The van der Waals surface area contributed by atoms with E-state index >= 15 is 0 Å². The molecular formula is C11H17N3O2. The average molecular weight is 223 g/mol.